The molecule has 1 saturated carbocycles. The number of hydrogen-bond acceptors (Lipinski definition) is 5. The number of fused-ring (bicyclic) bond motifs is 3. The van der Waals surface area contributed by atoms with E-state index in [1.807, 2.05) is 11.3 Å². The minimum Gasteiger partial charge on any atom is -0.368 e. The molecule has 0 spiro atoms. The van der Waals surface area contributed by atoms with Crippen molar-refractivity contribution in [2.75, 3.05) is 12.4 Å². The second kappa shape index (κ2) is 7.44. The highest BCUT2D eigenvalue weighted by Gasteiger charge is 2.53. The Morgan fingerprint density at radius 2 is 2.03 bits per heavy atom. The molecule has 1 fully saturated rings. The highest BCUT2D eigenvalue weighted by atomic mass is 19.4. The smallest absolute Gasteiger partial charge is 0.368 e. The van der Waals surface area contributed by atoms with Gasteiger partial charge in [0.05, 0.1) is 30.5 Å². The summed E-state index contributed by atoms with van der Waals surface area (Å²) in [4.78, 5) is 23.9. The van der Waals surface area contributed by atoms with E-state index in [4.69, 9.17) is 4.74 Å². The molecule has 33 heavy (non-hydrogen) atoms. The molecule has 2 aliphatic rings. The Kier molecular flexibility index (Phi) is 4.89. The lowest BCUT2D eigenvalue weighted by molar-refractivity contribution is -0.145. The van der Waals surface area contributed by atoms with Crippen LogP contribution in [0.1, 0.15) is 53.9 Å². The number of nitrogens with zero attached hydrogens (tertiary/aromatic N) is 4. The van der Waals surface area contributed by atoms with Crippen molar-refractivity contribution in [1.29, 1.82) is 0 Å². The molecule has 0 radical (unpaired) electrons. The highest BCUT2D eigenvalue weighted by molar-refractivity contribution is 5.88. The van der Waals surface area contributed by atoms with Gasteiger partial charge in [0.1, 0.15) is 11.4 Å². The van der Waals surface area contributed by atoms with E-state index in [1.54, 1.807) is 31.2 Å². The number of aryl methyl sites for hydroxylation is 1. The van der Waals surface area contributed by atoms with Gasteiger partial charge in [0.25, 0.3) is 5.91 Å². The average molecular weight is 459 g/mol. The molecule has 1 aliphatic carbocycles. The fourth-order valence-corrected chi connectivity index (χ4v) is 4.48. The summed E-state index contributed by atoms with van der Waals surface area (Å²) >= 11 is 0. The number of halogens is 3. The molecule has 1 amide bonds. The Labute approximate surface area is 188 Å². The van der Waals surface area contributed by atoms with Crippen LogP contribution in [0.2, 0.25) is 0 Å². The van der Waals surface area contributed by atoms with Gasteiger partial charge in [-0.1, -0.05) is 12.1 Å². The van der Waals surface area contributed by atoms with Gasteiger partial charge in [0.2, 0.25) is 5.78 Å². The number of ether oxygens (including phenoxy) is 1. The first kappa shape index (κ1) is 21.7. The van der Waals surface area contributed by atoms with Crippen LogP contribution in [0.25, 0.3) is 5.78 Å². The van der Waals surface area contributed by atoms with Gasteiger partial charge in [-0.3, -0.25) is 9.20 Å². The van der Waals surface area contributed by atoms with Crippen LogP contribution in [-0.4, -0.2) is 37.9 Å². The molecule has 1 atom stereocenters. The van der Waals surface area contributed by atoms with Crippen molar-refractivity contribution in [3.8, 4) is 0 Å². The lowest BCUT2D eigenvalue weighted by atomic mass is 10.0. The van der Waals surface area contributed by atoms with Gasteiger partial charge in [0, 0.05) is 24.4 Å². The third-order valence-electron chi connectivity index (χ3n) is 6.56. The molecule has 1 unspecified atom stereocenters. The Bertz CT molecular complexity index is 1250. The molecule has 174 valence electrons. The van der Waals surface area contributed by atoms with Crippen LogP contribution in [-0.2, 0) is 28.8 Å². The number of aromatic nitrogens is 3. The number of amides is 1. The number of rotatable bonds is 5. The number of hydrogen-bond donors (Lipinski definition) is 1. The van der Waals surface area contributed by atoms with Gasteiger partial charge in [-0.15, -0.1) is 0 Å². The molecular formula is C23H24F3N5O2. The number of methoxy groups -OCH3 is 1. The fraction of sp³-hybridized carbons (Fsp3) is 0.435. The van der Waals surface area contributed by atoms with Crippen LogP contribution in [0.15, 0.2) is 30.5 Å². The van der Waals surface area contributed by atoms with Crippen molar-refractivity contribution in [1.82, 2.24) is 19.3 Å². The van der Waals surface area contributed by atoms with Crippen molar-refractivity contribution >= 4 is 17.5 Å². The summed E-state index contributed by atoms with van der Waals surface area (Å²) < 4.78 is 46.9. The van der Waals surface area contributed by atoms with Crippen LogP contribution in [0.4, 0.5) is 19.0 Å². The molecule has 10 heteroatoms. The maximum Gasteiger partial charge on any atom is 0.416 e. The number of imidazole rings is 1. The van der Waals surface area contributed by atoms with Gasteiger partial charge >= 0.3 is 6.18 Å². The maximum atomic E-state index is 13.2. The van der Waals surface area contributed by atoms with E-state index in [0.717, 1.165) is 29.1 Å². The summed E-state index contributed by atoms with van der Waals surface area (Å²) in [5, 5.41) is 3.27. The SMILES string of the molecule is COC1(C(=O)N2Cc3c(NC(C)c4cccc(C(F)(F)F)c4)nc4ncc(C)n4c3C2)CC1. The molecular weight excluding hydrogens is 435 g/mol. The van der Waals surface area contributed by atoms with Crippen LogP contribution in [0.5, 0.6) is 0 Å². The number of benzene rings is 1. The molecule has 2 aromatic heterocycles. The average Bonchev–Trinajstić information content (AvgIpc) is 3.32. The van der Waals surface area contributed by atoms with E-state index in [0.29, 0.717) is 43.1 Å². The first-order valence-corrected chi connectivity index (χ1v) is 10.8. The van der Waals surface area contributed by atoms with Gasteiger partial charge in [-0.05, 0) is 44.4 Å². The minimum atomic E-state index is -4.41. The van der Waals surface area contributed by atoms with E-state index in [9.17, 15) is 18.0 Å². The molecule has 3 aromatic rings. The van der Waals surface area contributed by atoms with Gasteiger partial charge in [-0.25, -0.2) is 4.98 Å². The van der Waals surface area contributed by atoms with Gasteiger partial charge < -0.3 is 15.0 Å². The third-order valence-corrected chi connectivity index (χ3v) is 6.56. The predicted molar refractivity (Wildman–Crippen MR) is 114 cm³/mol. The number of carbonyl (C=O) groups is 1. The van der Waals surface area contributed by atoms with Crippen molar-refractivity contribution in [2.24, 2.45) is 0 Å². The molecule has 1 N–H and O–H groups in total. The van der Waals surface area contributed by atoms with Crippen molar-refractivity contribution in [3.05, 3.63) is 58.5 Å². The summed E-state index contributed by atoms with van der Waals surface area (Å²) in [5.41, 5.74) is 1.68. The second-order valence-electron chi connectivity index (χ2n) is 8.77. The van der Waals surface area contributed by atoms with E-state index >= 15 is 0 Å². The van der Waals surface area contributed by atoms with Crippen LogP contribution >= 0.6 is 0 Å². The number of alkyl halides is 3. The Morgan fingerprint density at radius 1 is 1.27 bits per heavy atom. The van der Waals surface area contributed by atoms with Gasteiger partial charge in [0.15, 0.2) is 0 Å². The zero-order valence-electron chi connectivity index (χ0n) is 18.5. The molecule has 1 aliphatic heterocycles. The number of anilines is 1. The van der Waals surface area contributed by atoms with Crippen molar-refractivity contribution in [3.63, 3.8) is 0 Å². The minimum absolute atomic E-state index is 0.0519. The first-order chi connectivity index (χ1) is 15.6. The normalized spacial score (nSPS) is 17.8. The largest absolute Gasteiger partial charge is 0.416 e. The van der Waals surface area contributed by atoms with E-state index in [1.165, 1.54) is 6.07 Å². The van der Waals surface area contributed by atoms with Gasteiger partial charge in [-0.2, -0.15) is 18.2 Å². The van der Waals surface area contributed by atoms with Crippen LogP contribution < -0.4 is 5.32 Å². The topological polar surface area (TPSA) is 71.8 Å². The zero-order chi connectivity index (χ0) is 23.5. The zero-order valence-corrected chi connectivity index (χ0v) is 18.5. The molecule has 1 aromatic carbocycles. The molecule has 0 saturated heterocycles. The summed E-state index contributed by atoms with van der Waals surface area (Å²) in [7, 11) is 1.55. The van der Waals surface area contributed by atoms with Crippen molar-refractivity contribution in [2.45, 2.75) is 57.6 Å². The molecule has 0 bridgehead atoms. The molecule has 5 rings (SSSR count). The lowest BCUT2D eigenvalue weighted by Crippen LogP contribution is -2.38. The summed E-state index contributed by atoms with van der Waals surface area (Å²) in [6, 6.07) is 4.80. The fourth-order valence-electron chi connectivity index (χ4n) is 4.48. The Balaban J connectivity index is 1.49. The Hall–Kier alpha value is -3.14. The Morgan fingerprint density at radius 3 is 2.70 bits per heavy atom. The lowest BCUT2D eigenvalue weighted by Gasteiger charge is -2.21. The number of carbonyl (C=O) groups excluding carboxylic acids is 1. The van der Waals surface area contributed by atoms with E-state index < -0.39 is 23.4 Å². The molecule has 3 heterocycles. The van der Waals surface area contributed by atoms with Crippen molar-refractivity contribution < 1.29 is 22.7 Å². The van der Waals surface area contributed by atoms with Crippen LogP contribution in [0.3, 0.4) is 0 Å². The predicted octanol–water partition coefficient (Wildman–Crippen LogP) is 4.25. The number of nitrogens with one attached hydrogen (secondary N) is 1. The van der Waals surface area contributed by atoms with Crippen LogP contribution in [0, 0.1) is 6.92 Å². The van der Waals surface area contributed by atoms with E-state index in [-0.39, 0.29) is 5.91 Å². The standard InChI is InChI=1S/C23H24F3N5O2/c1-13-10-27-21-29-19(28-14(2)15-5-4-6-16(9-15)23(24,25)26)17-11-30(12-18(17)31(13)21)20(32)22(33-3)7-8-22/h4-6,9-10,14H,7-8,11-12H2,1-3H3,(H,27,28,29). The summed E-state index contributed by atoms with van der Waals surface area (Å²) in [6.45, 7) is 4.44. The quantitative estimate of drug-likeness (QED) is 0.618. The highest BCUT2D eigenvalue weighted by Crippen LogP contribution is 2.43. The first-order valence-electron chi connectivity index (χ1n) is 10.8. The second-order valence-corrected chi connectivity index (χ2v) is 8.77. The summed E-state index contributed by atoms with van der Waals surface area (Å²) in [6.07, 6.45) is -1.30. The summed E-state index contributed by atoms with van der Waals surface area (Å²) in [5.74, 6) is 0.946. The molecule has 7 nitrogen and oxygen atoms in total. The monoisotopic (exact) mass is 459 g/mol. The maximum absolute atomic E-state index is 13.2. The third kappa shape index (κ3) is 3.62. The van der Waals surface area contributed by atoms with E-state index in [2.05, 4.69) is 15.3 Å².